The second-order valence-corrected chi connectivity index (χ2v) is 3.12. The van der Waals surface area contributed by atoms with Crippen LogP contribution in [0.2, 0.25) is 0 Å². The molecule has 1 aromatic rings. The highest BCUT2D eigenvalue weighted by molar-refractivity contribution is 5.75. The van der Waals surface area contributed by atoms with Crippen molar-refractivity contribution in [2.24, 2.45) is 0 Å². The van der Waals surface area contributed by atoms with Gasteiger partial charge in [-0.2, -0.15) is 0 Å². The molecule has 0 aliphatic heterocycles. The van der Waals surface area contributed by atoms with E-state index in [9.17, 15) is 4.79 Å². The molecule has 2 heteroatoms. The molecule has 0 bridgehead atoms. The summed E-state index contributed by atoms with van der Waals surface area (Å²) in [6, 6.07) is 8.16. The van der Waals surface area contributed by atoms with Crippen LogP contribution in [0.3, 0.4) is 0 Å². The van der Waals surface area contributed by atoms with Crippen LogP contribution in [-0.4, -0.2) is 5.91 Å². The number of amides is 1. The van der Waals surface area contributed by atoms with Gasteiger partial charge in [-0.1, -0.05) is 36.8 Å². The van der Waals surface area contributed by atoms with Crippen LogP contribution in [0.15, 0.2) is 24.3 Å². The maximum Gasteiger partial charge on any atom is 0.219 e. The minimum atomic E-state index is 0.0978. The first-order chi connectivity index (χ1) is 6.22. The van der Waals surface area contributed by atoms with E-state index in [2.05, 4.69) is 12.2 Å². The lowest BCUT2D eigenvalue weighted by molar-refractivity contribution is -0.120. The van der Waals surface area contributed by atoms with Crippen LogP contribution in [0, 0.1) is 6.92 Å². The highest BCUT2D eigenvalue weighted by Gasteiger charge is 1.96. The first-order valence-electron chi connectivity index (χ1n) is 4.54. The Morgan fingerprint density at radius 1 is 1.31 bits per heavy atom. The largest absolute Gasteiger partial charge is 0.352 e. The molecule has 0 spiro atoms. The molecule has 1 rings (SSSR count). The second-order valence-electron chi connectivity index (χ2n) is 3.12. The van der Waals surface area contributed by atoms with Crippen molar-refractivity contribution < 1.29 is 4.79 Å². The summed E-state index contributed by atoms with van der Waals surface area (Å²) in [5.41, 5.74) is 2.39. The number of hydrogen-bond donors (Lipinski definition) is 1. The summed E-state index contributed by atoms with van der Waals surface area (Å²) in [6.45, 7) is 4.53. The standard InChI is InChI=1S/C11H15NO/c1-3-11(13)12-8-10-6-4-9(2)5-7-10/h4-7H,3,8H2,1-2H3,(H,12,13). The summed E-state index contributed by atoms with van der Waals surface area (Å²) in [7, 11) is 0. The molecule has 0 saturated carbocycles. The van der Waals surface area contributed by atoms with Gasteiger partial charge in [0.2, 0.25) is 5.91 Å². The zero-order chi connectivity index (χ0) is 9.68. The van der Waals surface area contributed by atoms with E-state index >= 15 is 0 Å². The third-order valence-corrected chi connectivity index (χ3v) is 1.93. The highest BCUT2D eigenvalue weighted by atomic mass is 16.1. The van der Waals surface area contributed by atoms with Gasteiger partial charge < -0.3 is 5.32 Å². The molecular weight excluding hydrogens is 162 g/mol. The van der Waals surface area contributed by atoms with E-state index in [0.717, 1.165) is 5.56 Å². The maximum atomic E-state index is 10.9. The van der Waals surface area contributed by atoms with Gasteiger partial charge in [0.15, 0.2) is 0 Å². The molecule has 0 aliphatic carbocycles. The maximum absolute atomic E-state index is 10.9. The lowest BCUT2D eigenvalue weighted by atomic mass is 10.1. The molecular formula is C11H15NO. The van der Waals surface area contributed by atoms with Crippen molar-refractivity contribution in [3.63, 3.8) is 0 Å². The van der Waals surface area contributed by atoms with Crippen LogP contribution in [0.1, 0.15) is 24.5 Å². The van der Waals surface area contributed by atoms with E-state index in [1.165, 1.54) is 5.56 Å². The molecule has 1 amide bonds. The van der Waals surface area contributed by atoms with Crippen molar-refractivity contribution >= 4 is 5.91 Å². The predicted molar refractivity (Wildman–Crippen MR) is 53.3 cm³/mol. The molecule has 1 N–H and O–H groups in total. The Labute approximate surface area is 79.0 Å². The molecule has 2 nitrogen and oxygen atoms in total. The molecule has 13 heavy (non-hydrogen) atoms. The Bertz CT molecular complexity index is 277. The van der Waals surface area contributed by atoms with E-state index in [4.69, 9.17) is 0 Å². The quantitative estimate of drug-likeness (QED) is 0.752. The average Bonchev–Trinajstić information content (AvgIpc) is 2.16. The zero-order valence-corrected chi connectivity index (χ0v) is 8.13. The lowest BCUT2D eigenvalue weighted by Gasteiger charge is -2.03. The average molecular weight is 177 g/mol. The summed E-state index contributed by atoms with van der Waals surface area (Å²) in [5, 5.41) is 2.83. The van der Waals surface area contributed by atoms with Crippen molar-refractivity contribution in [3.8, 4) is 0 Å². The van der Waals surface area contributed by atoms with Gasteiger partial charge in [0.1, 0.15) is 0 Å². The summed E-state index contributed by atoms with van der Waals surface area (Å²) in [6.07, 6.45) is 0.547. The van der Waals surface area contributed by atoms with Crippen molar-refractivity contribution in [1.82, 2.24) is 5.32 Å². The molecule has 1 aromatic carbocycles. The van der Waals surface area contributed by atoms with Gasteiger partial charge in [0, 0.05) is 13.0 Å². The highest BCUT2D eigenvalue weighted by Crippen LogP contribution is 2.02. The first-order valence-corrected chi connectivity index (χ1v) is 4.54. The fourth-order valence-electron chi connectivity index (χ4n) is 1.03. The molecule has 0 aliphatic rings. The number of nitrogens with one attached hydrogen (secondary N) is 1. The van der Waals surface area contributed by atoms with Crippen LogP contribution in [-0.2, 0) is 11.3 Å². The normalized spacial score (nSPS) is 9.69. The minimum absolute atomic E-state index is 0.0978. The van der Waals surface area contributed by atoms with Gasteiger partial charge in [-0.3, -0.25) is 4.79 Å². The van der Waals surface area contributed by atoms with Gasteiger partial charge in [-0.25, -0.2) is 0 Å². The van der Waals surface area contributed by atoms with Crippen molar-refractivity contribution in [3.05, 3.63) is 35.4 Å². The smallest absolute Gasteiger partial charge is 0.219 e. The van der Waals surface area contributed by atoms with E-state index in [-0.39, 0.29) is 5.91 Å². The number of hydrogen-bond acceptors (Lipinski definition) is 1. The Kier molecular flexibility index (Phi) is 3.50. The van der Waals surface area contributed by atoms with Crippen LogP contribution < -0.4 is 5.32 Å². The fraction of sp³-hybridized carbons (Fsp3) is 0.364. The zero-order valence-electron chi connectivity index (χ0n) is 8.13. The second kappa shape index (κ2) is 4.65. The predicted octanol–water partition coefficient (Wildman–Crippen LogP) is 2.02. The van der Waals surface area contributed by atoms with E-state index in [1.807, 2.05) is 31.2 Å². The third kappa shape index (κ3) is 3.28. The molecule has 0 aromatic heterocycles. The monoisotopic (exact) mass is 177 g/mol. The molecule has 0 unspecified atom stereocenters. The van der Waals surface area contributed by atoms with E-state index < -0.39 is 0 Å². The van der Waals surface area contributed by atoms with Crippen LogP contribution in [0.25, 0.3) is 0 Å². The lowest BCUT2D eigenvalue weighted by Crippen LogP contribution is -2.21. The van der Waals surface area contributed by atoms with Crippen LogP contribution >= 0.6 is 0 Å². The Morgan fingerprint density at radius 2 is 1.92 bits per heavy atom. The van der Waals surface area contributed by atoms with Crippen LogP contribution in [0.4, 0.5) is 0 Å². The van der Waals surface area contributed by atoms with Gasteiger partial charge in [-0.15, -0.1) is 0 Å². The van der Waals surface area contributed by atoms with Gasteiger partial charge in [0.25, 0.3) is 0 Å². The van der Waals surface area contributed by atoms with E-state index in [0.29, 0.717) is 13.0 Å². The summed E-state index contributed by atoms with van der Waals surface area (Å²) >= 11 is 0. The molecule has 0 radical (unpaired) electrons. The number of aryl methyl sites for hydroxylation is 1. The van der Waals surface area contributed by atoms with Crippen molar-refractivity contribution in [2.75, 3.05) is 0 Å². The minimum Gasteiger partial charge on any atom is -0.352 e. The summed E-state index contributed by atoms with van der Waals surface area (Å²) in [4.78, 5) is 10.9. The number of carbonyl (C=O) groups is 1. The molecule has 0 fully saturated rings. The summed E-state index contributed by atoms with van der Waals surface area (Å²) < 4.78 is 0. The number of carbonyl (C=O) groups excluding carboxylic acids is 1. The van der Waals surface area contributed by atoms with Crippen LogP contribution in [0.5, 0.6) is 0 Å². The number of benzene rings is 1. The molecule has 0 heterocycles. The van der Waals surface area contributed by atoms with E-state index in [1.54, 1.807) is 0 Å². The van der Waals surface area contributed by atoms with Gasteiger partial charge in [0.05, 0.1) is 0 Å². The summed E-state index contributed by atoms with van der Waals surface area (Å²) in [5.74, 6) is 0.0978. The molecule has 0 saturated heterocycles. The SMILES string of the molecule is CCC(=O)NCc1ccc(C)cc1. The van der Waals surface area contributed by atoms with Gasteiger partial charge in [-0.05, 0) is 12.5 Å². The Hall–Kier alpha value is -1.31. The fourth-order valence-corrected chi connectivity index (χ4v) is 1.03. The topological polar surface area (TPSA) is 29.1 Å². The Balaban J connectivity index is 2.46. The number of rotatable bonds is 3. The Morgan fingerprint density at radius 3 is 2.46 bits per heavy atom. The first kappa shape index (κ1) is 9.78. The van der Waals surface area contributed by atoms with Gasteiger partial charge >= 0.3 is 0 Å². The molecule has 0 atom stereocenters. The third-order valence-electron chi connectivity index (χ3n) is 1.93. The van der Waals surface area contributed by atoms with Crippen molar-refractivity contribution in [1.29, 1.82) is 0 Å². The molecule has 70 valence electrons. The van der Waals surface area contributed by atoms with Crippen molar-refractivity contribution in [2.45, 2.75) is 26.8 Å².